The molecule has 35 heavy (non-hydrogen) atoms. The first-order valence-electron chi connectivity index (χ1n) is 11.2. The lowest BCUT2D eigenvalue weighted by molar-refractivity contribution is -0.113. The van der Waals surface area contributed by atoms with Crippen LogP contribution in [0.5, 0.6) is 0 Å². The third-order valence-electron chi connectivity index (χ3n) is 6.12. The number of hydrogen-bond acceptors (Lipinski definition) is 3. The first kappa shape index (κ1) is 23.7. The van der Waals surface area contributed by atoms with Crippen LogP contribution in [0.15, 0.2) is 71.8 Å². The molecule has 1 aromatic heterocycles. The highest BCUT2D eigenvalue weighted by Crippen LogP contribution is 2.37. The highest BCUT2D eigenvalue weighted by atomic mass is 35.5. The Morgan fingerprint density at radius 1 is 0.971 bits per heavy atom. The van der Waals surface area contributed by atoms with E-state index in [2.05, 4.69) is 17.6 Å². The summed E-state index contributed by atoms with van der Waals surface area (Å²) in [5.41, 5.74) is 5.76. The highest BCUT2D eigenvalue weighted by Gasteiger charge is 2.36. The third kappa shape index (κ3) is 4.52. The molecule has 176 valence electrons. The number of halogens is 2. The van der Waals surface area contributed by atoms with Crippen molar-refractivity contribution >= 4 is 68.8 Å². The second kappa shape index (κ2) is 9.57. The molecule has 7 heteroatoms. The second-order valence-corrected chi connectivity index (χ2v) is 10.3. The van der Waals surface area contributed by atoms with Crippen LogP contribution >= 0.6 is 35.0 Å². The van der Waals surface area contributed by atoms with Crippen LogP contribution < -0.4 is 4.90 Å². The Labute approximate surface area is 218 Å². The van der Waals surface area contributed by atoms with Gasteiger partial charge in [-0.25, -0.2) is 4.90 Å². The van der Waals surface area contributed by atoms with Gasteiger partial charge in [0.15, 0.2) is 0 Å². The molecule has 0 bridgehead atoms. The van der Waals surface area contributed by atoms with Crippen LogP contribution in [0.1, 0.15) is 29.2 Å². The summed E-state index contributed by atoms with van der Waals surface area (Å²) in [6, 6.07) is 19.1. The standard InChI is InChI=1S/C28H22Cl2N2O2S/c1-3-18-5-4-6-23-20(16-31(26(18)23)15-19-9-10-21(29)14-24(19)30)13-25-27(33)32(28(34)35-25)22-11-7-17(2)8-12-22/h4-14,16H,3,15H2,1-2H3/b25-13-. The number of benzene rings is 3. The van der Waals surface area contributed by atoms with Gasteiger partial charge in [0.05, 0.1) is 16.1 Å². The molecule has 0 aliphatic carbocycles. The molecule has 0 saturated carbocycles. The molecular weight excluding hydrogens is 499 g/mol. The minimum absolute atomic E-state index is 0.295. The van der Waals surface area contributed by atoms with E-state index < -0.39 is 0 Å². The molecule has 1 aliphatic rings. The van der Waals surface area contributed by atoms with Gasteiger partial charge in [0, 0.05) is 33.7 Å². The summed E-state index contributed by atoms with van der Waals surface area (Å²) >= 11 is 13.5. The topological polar surface area (TPSA) is 42.3 Å². The largest absolute Gasteiger partial charge is 0.342 e. The smallest absolute Gasteiger partial charge is 0.298 e. The molecule has 3 aromatic carbocycles. The number of anilines is 1. The molecular formula is C28H22Cl2N2O2S. The van der Waals surface area contributed by atoms with Crippen LogP contribution in [0.3, 0.4) is 0 Å². The number of fused-ring (bicyclic) bond motifs is 1. The Bertz CT molecular complexity index is 1510. The Balaban J connectivity index is 1.57. The first-order valence-corrected chi connectivity index (χ1v) is 12.8. The quantitative estimate of drug-likeness (QED) is 0.249. The van der Waals surface area contributed by atoms with Crippen molar-refractivity contribution in [3.63, 3.8) is 0 Å². The number of aromatic nitrogens is 1. The van der Waals surface area contributed by atoms with Crippen LogP contribution in [0, 0.1) is 6.92 Å². The number of carbonyl (C=O) groups is 2. The number of nitrogens with zero attached hydrogens (tertiary/aromatic N) is 2. The van der Waals surface area contributed by atoms with Gasteiger partial charge in [-0.3, -0.25) is 9.59 Å². The van der Waals surface area contributed by atoms with E-state index in [9.17, 15) is 9.59 Å². The Kier molecular flexibility index (Phi) is 6.49. The van der Waals surface area contributed by atoms with Crippen molar-refractivity contribution in [1.82, 2.24) is 4.57 Å². The molecule has 0 N–H and O–H groups in total. The predicted octanol–water partition coefficient (Wildman–Crippen LogP) is 8.11. The predicted molar refractivity (Wildman–Crippen MR) is 147 cm³/mol. The number of para-hydroxylation sites is 1. The number of imide groups is 1. The number of hydrogen-bond donors (Lipinski definition) is 0. The summed E-state index contributed by atoms with van der Waals surface area (Å²) in [5.74, 6) is -0.308. The van der Waals surface area contributed by atoms with Gasteiger partial charge in [0.25, 0.3) is 11.1 Å². The fraction of sp³-hybridized carbons (Fsp3) is 0.143. The monoisotopic (exact) mass is 520 g/mol. The summed E-state index contributed by atoms with van der Waals surface area (Å²) in [6.45, 7) is 4.64. The van der Waals surface area contributed by atoms with Gasteiger partial charge in [-0.2, -0.15) is 0 Å². The van der Waals surface area contributed by atoms with Gasteiger partial charge in [-0.15, -0.1) is 0 Å². The molecule has 0 atom stereocenters. The first-order chi connectivity index (χ1) is 16.9. The lowest BCUT2D eigenvalue weighted by Crippen LogP contribution is -2.27. The SMILES string of the molecule is CCc1cccc2c(/C=C3\SC(=O)N(c4ccc(C)cc4)C3=O)cn(Cc3ccc(Cl)cc3Cl)c12. The van der Waals surface area contributed by atoms with E-state index in [0.29, 0.717) is 27.2 Å². The number of thioether (sulfide) groups is 1. The van der Waals surface area contributed by atoms with Crippen molar-refractivity contribution in [3.05, 3.63) is 104 Å². The van der Waals surface area contributed by atoms with Gasteiger partial charge in [-0.05, 0) is 66.6 Å². The van der Waals surface area contributed by atoms with Crippen molar-refractivity contribution in [2.45, 2.75) is 26.8 Å². The maximum atomic E-state index is 13.2. The fourth-order valence-corrected chi connectivity index (χ4v) is 5.65. The van der Waals surface area contributed by atoms with Crippen molar-refractivity contribution in [2.24, 2.45) is 0 Å². The van der Waals surface area contributed by atoms with E-state index >= 15 is 0 Å². The lowest BCUT2D eigenvalue weighted by Gasteiger charge is -2.12. The van der Waals surface area contributed by atoms with Crippen LogP contribution in [-0.2, 0) is 17.8 Å². The number of carbonyl (C=O) groups excluding carboxylic acids is 2. The molecule has 1 aliphatic heterocycles. The lowest BCUT2D eigenvalue weighted by atomic mass is 10.1. The molecule has 2 heterocycles. The van der Waals surface area contributed by atoms with Crippen molar-refractivity contribution in [2.75, 3.05) is 4.90 Å². The zero-order valence-electron chi connectivity index (χ0n) is 19.2. The summed E-state index contributed by atoms with van der Waals surface area (Å²) in [4.78, 5) is 27.6. The van der Waals surface area contributed by atoms with Crippen LogP contribution in [0.25, 0.3) is 17.0 Å². The zero-order chi connectivity index (χ0) is 24.7. The van der Waals surface area contributed by atoms with E-state index in [4.69, 9.17) is 23.2 Å². The third-order valence-corrected chi connectivity index (χ3v) is 7.58. The maximum Gasteiger partial charge on any atom is 0.298 e. The fourth-order valence-electron chi connectivity index (χ4n) is 4.35. The average molecular weight is 521 g/mol. The molecule has 4 nitrogen and oxygen atoms in total. The molecule has 1 saturated heterocycles. The molecule has 4 aromatic rings. The van der Waals surface area contributed by atoms with Crippen molar-refractivity contribution in [3.8, 4) is 0 Å². The van der Waals surface area contributed by atoms with Crippen LogP contribution in [-0.4, -0.2) is 15.7 Å². The molecule has 0 spiro atoms. The summed E-state index contributed by atoms with van der Waals surface area (Å²) < 4.78 is 2.15. The average Bonchev–Trinajstić information content (AvgIpc) is 3.32. The number of aryl methyl sites for hydroxylation is 2. The second-order valence-electron chi connectivity index (χ2n) is 8.47. The zero-order valence-corrected chi connectivity index (χ0v) is 21.5. The van der Waals surface area contributed by atoms with E-state index in [-0.39, 0.29) is 11.1 Å². The normalized spacial score (nSPS) is 15.1. The molecule has 5 rings (SSSR count). The number of rotatable bonds is 5. The Morgan fingerprint density at radius 3 is 2.46 bits per heavy atom. The van der Waals surface area contributed by atoms with Gasteiger partial charge in [0.1, 0.15) is 0 Å². The molecule has 1 fully saturated rings. The minimum atomic E-state index is -0.308. The summed E-state index contributed by atoms with van der Waals surface area (Å²) in [6.07, 6.45) is 4.70. The van der Waals surface area contributed by atoms with Crippen LogP contribution in [0.4, 0.5) is 10.5 Å². The number of amides is 2. The minimum Gasteiger partial charge on any atom is -0.342 e. The van der Waals surface area contributed by atoms with E-state index in [1.165, 1.54) is 10.5 Å². The van der Waals surface area contributed by atoms with Crippen LogP contribution in [0.2, 0.25) is 10.0 Å². The van der Waals surface area contributed by atoms with Crippen molar-refractivity contribution < 1.29 is 9.59 Å². The van der Waals surface area contributed by atoms with Gasteiger partial charge < -0.3 is 4.57 Å². The van der Waals surface area contributed by atoms with Gasteiger partial charge in [-0.1, -0.05) is 72.1 Å². The molecule has 0 unspecified atom stereocenters. The van der Waals surface area contributed by atoms with E-state index in [1.807, 2.05) is 55.6 Å². The van der Waals surface area contributed by atoms with Crippen molar-refractivity contribution in [1.29, 1.82) is 0 Å². The van der Waals surface area contributed by atoms with Gasteiger partial charge in [0.2, 0.25) is 0 Å². The van der Waals surface area contributed by atoms with Gasteiger partial charge >= 0.3 is 0 Å². The Morgan fingerprint density at radius 2 is 1.74 bits per heavy atom. The summed E-state index contributed by atoms with van der Waals surface area (Å²) in [5, 5.41) is 1.93. The molecule has 0 radical (unpaired) electrons. The Hall–Kier alpha value is -2.99. The summed E-state index contributed by atoms with van der Waals surface area (Å²) in [7, 11) is 0. The van der Waals surface area contributed by atoms with E-state index in [1.54, 1.807) is 18.2 Å². The van der Waals surface area contributed by atoms with E-state index in [0.717, 1.165) is 45.8 Å². The molecule has 2 amide bonds. The highest BCUT2D eigenvalue weighted by molar-refractivity contribution is 8.19. The maximum absolute atomic E-state index is 13.2.